The fraction of sp³-hybridized carbons (Fsp3) is 0. The minimum absolute atomic E-state index is 0. The van der Waals surface area contributed by atoms with E-state index in [4.69, 9.17) is 18.6 Å². The van der Waals surface area contributed by atoms with Crippen molar-refractivity contribution in [2.75, 3.05) is 0 Å². The van der Waals surface area contributed by atoms with Crippen LogP contribution in [0.15, 0.2) is 0 Å². The molecular weight excluding hydrogens is 305 g/mol. The second kappa shape index (κ2) is 179. The zero-order valence-electron chi connectivity index (χ0n) is 4.17. The van der Waals surface area contributed by atoms with Crippen LogP contribution in [0.1, 0.15) is 0 Å². The van der Waals surface area contributed by atoms with Crippen LogP contribution < -0.4 is 18.6 Å². The first-order chi connectivity index (χ1) is 4.00. The maximum absolute atomic E-state index is 7.72. The molecule has 0 N–H and O–H groups in total. The van der Waals surface area contributed by atoms with Gasteiger partial charge in [-0.3, -0.25) is 0 Å². The van der Waals surface area contributed by atoms with Crippen molar-refractivity contribution in [3.8, 4) is 0 Å². The number of halogens is 4. The Bertz CT molecular complexity index is 17.2. The van der Waals surface area contributed by atoms with Gasteiger partial charge >= 0.3 is 54.2 Å². The molecule has 0 aliphatic carbocycles. The second-order valence-corrected chi connectivity index (χ2v) is 0. The summed E-state index contributed by atoms with van der Waals surface area (Å²) in [5.41, 5.74) is 0. The van der Waals surface area contributed by atoms with E-state index in [-0.39, 0.29) is 54.2 Å². The van der Waals surface area contributed by atoms with Gasteiger partial charge < -0.3 is 18.6 Å². The monoisotopic (exact) mass is 302 g/mol. The summed E-state index contributed by atoms with van der Waals surface area (Å²) in [5, 5.41) is 0. The maximum atomic E-state index is 7.72. The molecule has 4 nitrogen and oxygen atoms in total. The molecule has 0 saturated carbocycles. The van der Waals surface area contributed by atoms with Crippen LogP contribution in [-0.2, 0) is 16.5 Å². The molecule has 0 aliphatic rings. The van der Waals surface area contributed by atoms with Crippen molar-refractivity contribution in [3.63, 3.8) is 0 Å². The third-order valence-corrected chi connectivity index (χ3v) is 0. The molecule has 0 aliphatic heterocycles. The summed E-state index contributed by atoms with van der Waals surface area (Å²) in [6.07, 6.45) is 0. The van der Waals surface area contributed by atoms with Crippen molar-refractivity contribution in [1.29, 1.82) is 0 Å². The Morgan fingerprint density at radius 1 is 0.500 bits per heavy atom. The number of hydrogen-bond donors (Lipinski definition) is 0. The summed E-state index contributed by atoms with van der Waals surface area (Å²) in [6.45, 7) is 0. The summed E-state index contributed by atoms with van der Waals surface area (Å²) < 4.78 is 30.9. The zero-order valence-corrected chi connectivity index (χ0v) is 10.4. The van der Waals surface area contributed by atoms with Crippen LogP contribution in [-0.4, -0.2) is 37.7 Å². The van der Waals surface area contributed by atoms with Crippen molar-refractivity contribution >= 4 is 85.2 Å². The van der Waals surface area contributed by atoms with Crippen molar-refractivity contribution in [1.82, 2.24) is 0 Å². The van der Waals surface area contributed by atoms with Crippen LogP contribution in [0.4, 0.5) is 0 Å². The van der Waals surface area contributed by atoms with E-state index in [2.05, 4.69) is 47.5 Å². The van der Waals surface area contributed by atoms with Gasteiger partial charge in [-0.2, -0.15) is 0 Å². The van der Waals surface area contributed by atoms with Crippen LogP contribution in [0.25, 0.3) is 0 Å². The minimum Gasteiger partial charge on any atom is -0.769 e. The molecule has 10 heteroatoms. The summed E-state index contributed by atoms with van der Waals surface area (Å²) in [6, 6.07) is 0. The number of rotatable bonds is 0. The predicted octanol–water partition coefficient (Wildman–Crippen LogP) is -2.38. The SMILES string of the molecule is [Ca+2].[Ni+2].[O-]Cl.[O-]Cl.[O-]Cl.[O-]Cl. The third kappa shape index (κ3) is 135. The van der Waals surface area contributed by atoms with E-state index in [0.29, 0.717) is 0 Å². The van der Waals surface area contributed by atoms with Crippen LogP contribution >= 0.6 is 47.5 Å². The van der Waals surface area contributed by atoms with Gasteiger partial charge in [-0.25, -0.2) is 47.5 Å². The molecule has 0 atom stereocenters. The molecule has 0 saturated heterocycles. The van der Waals surface area contributed by atoms with Crippen LogP contribution in [0.3, 0.4) is 0 Å². The molecule has 0 radical (unpaired) electrons. The van der Waals surface area contributed by atoms with Gasteiger partial charge in [0.25, 0.3) is 0 Å². The average Bonchev–Trinajstić information content (AvgIpc) is 2.03. The third-order valence-electron chi connectivity index (χ3n) is 0. The quantitative estimate of drug-likeness (QED) is 0.467. The predicted molar refractivity (Wildman–Crippen MR) is 29.2 cm³/mol. The van der Waals surface area contributed by atoms with Gasteiger partial charge in [-0.05, 0) is 0 Å². The Balaban J connectivity index is -0.00000000500. The molecule has 0 aromatic heterocycles. The van der Waals surface area contributed by atoms with Crippen LogP contribution in [0, 0.1) is 0 Å². The molecular formula is CaCl4NiO4. The van der Waals surface area contributed by atoms with Gasteiger partial charge in [0, 0.05) is 0 Å². The standard InChI is InChI=1S/Ca.4ClO.Ni/c;4*1-2;/q+2;4*-1;+2. The van der Waals surface area contributed by atoms with Gasteiger partial charge in [0.1, 0.15) is 0 Å². The summed E-state index contributed by atoms with van der Waals surface area (Å²) in [7, 11) is 0. The first-order valence-corrected chi connectivity index (χ1v) is 1.85. The van der Waals surface area contributed by atoms with Gasteiger partial charge in [-0.1, -0.05) is 0 Å². The summed E-state index contributed by atoms with van der Waals surface area (Å²) in [5.74, 6) is 0. The smallest absolute Gasteiger partial charge is 0.769 e. The fourth-order valence-electron chi connectivity index (χ4n) is 0. The fourth-order valence-corrected chi connectivity index (χ4v) is 0. The molecule has 0 bridgehead atoms. The average molecular weight is 305 g/mol. The Hall–Kier alpha value is 2.75. The molecule has 10 heavy (non-hydrogen) atoms. The van der Waals surface area contributed by atoms with Crippen molar-refractivity contribution in [2.24, 2.45) is 0 Å². The second-order valence-electron chi connectivity index (χ2n) is 0. The molecule has 0 unspecified atom stereocenters. The zero-order chi connectivity index (χ0) is 8.00. The van der Waals surface area contributed by atoms with Gasteiger partial charge in [0.15, 0.2) is 0 Å². The van der Waals surface area contributed by atoms with Gasteiger partial charge in [0.05, 0.1) is 0 Å². The molecule has 0 aromatic carbocycles. The molecule has 0 fully saturated rings. The largest absolute Gasteiger partial charge is 2.00 e. The van der Waals surface area contributed by atoms with Crippen molar-refractivity contribution in [2.45, 2.75) is 0 Å². The van der Waals surface area contributed by atoms with E-state index in [0.717, 1.165) is 0 Å². The van der Waals surface area contributed by atoms with E-state index in [1.165, 1.54) is 0 Å². The first kappa shape index (κ1) is 38.6. The van der Waals surface area contributed by atoms with E-state index in [9.17, 15) is 0 Å². The Morgan fingerprint density at radius 2 is 0.500 bits per heavy atom. The van der Waals surface area contributed by atoms with E-state index in [1.807, 2.05) is 0 Å². The Labute approximate surface area is 119 Å². The minimum atomic E-state index is 0. The Kier molecular flexibility index (Phi) is 693. The molecule has 0 rings (SSSR count). The van der Waals surface area contributed by atoms with E-state index < -0.39 is 0 Å². The summed E-state index contributed by atoms with van der Waals surface area (Å²) >= 11 is 13.6. The normalized spacial score (nSPS) is 2.40. The van der Waals surface area contributed by atoms with Gasteiger partial charge in [-0.15, -0.1) is 0 Å². The maximum Gasteiger partial charge on any atom is 2.00 e. The van der Waals surface area contributed by atoms with E-state index >= 15 is 0 Å². The van der Waals surface area contributed by atoms with Gasteiger partial charge in [0.2, 0.25) is 0 Å². The molecule has 0 spiro atoms. The Morgan fingerprint density at radius 3 is 0.500 bits per heavy atom. The molecule has 0 heterocycles. The first-order valence-electron chi connectivity index (χ1n) is 0.617. The summed E-state index contributed by atoms with van der Waals surface area (Å²) in [4.78, 5) is 0. The van der Waals surface area contributed by atoms with Crippen LogP contribution in [0.5, 0.6) is 0 Å². The van der Waals surface area contributed by atoms with Crippen molar-refractivity contribution in [3.05, 3.63) is 0 Å². The molecule has 64 valence electrons. The molecule has 0 aromatic rings. The van der Waals surface area contributed by atoms with Crippen LogP contribution in [0.2, 0.25) is 0 Å². The van der Waals surface area contributed by atoms with E-state index in [1.54, 1.807) is 0 Å². The molecule has 0 amide bonds. The number of hydrogen-bond acceptors (Lipinski definition) is 4. The topological polar surface area (TPSA) is 92.2 Å². The van der Waals surface area contributed by atoms with Crippen molar-refractivity contribution < 1.29 is 35.1 Å².